The number of anilines is 2. The van der Waals surface area contributed by atoms with Crippen molar-refractivity contribution >= 4 is 69.7 Å². The molecule has 9 N–H and O–H groups in total. The van der Waals surface area contributed by atoms with Crippen LogP contribution in [0.25, 0.3) is 5.57 Å². The van der Waals surface area contributed by atoms with Gasteiger partial charge in [-0.3, -0.25) is 33.6 Å². The van der Waals surface area contributed by atoms with Crippen LogP contribution in [0.4, 0.5) is 11.5 Å². The number of carboxylic acid groups (broad SMARTS) is 1. The number of hydrogen-bond donors (Lipinski definition) is 9. The van der Waals surface area contributed by atoms with Gasteiger partial charge < -0.3 is 70.6 Å². The Hall–Kier alpha value is -9.06. The fourth-order valence-electron chi connectivity index (χ4n) is 11.8. The average molecular weight is 1240 g/mol. The van der Waals surface area contributed by atoms with Crippen LogP contribution in [0.2, 0.25) is 0 Å². The van der Waals surface area contributed by atoms with Gasteiger partial charge in [-0.2, -0.15) is 0 Å². The number of carboxylic acids is 1. The molecule has 3 atom stereocenters. The number of carbonyl (C=O) groups is 5. The smallest absolute Gasteiger partial charge is 0.334 e. The number of hydrogen-bond acceptors (Lipinski definition) is 13. The first kappa shape index (κ1) is 67.4. The highest BCUT2D eigenvalue weighted by Gasteiger charge is 2.40. The normalized spacial score (nSPS) is 15.7. The average Bonchev–Trinajstić information content (AvgIpc) is 1.57. The fourth-order valence-corrected chi connectivity index (χ4v) is 12.1. The highest BCUT2D eigenvalue weighted by atomic mass is 32.1. The molecule has 0 saturated carbocycles. The minimum Gasteiger partial charge on any atom is -0.503 e. The lowest BCUT2D eigenvalue weighted by Crippen LogP contribution is -2.53. The predicted octanol–water partition coefficient (Wildman–Crippen LogP) is 5.09. The van der Waals surface area contributed by atoms with Crippen molar-refractivity contribution in [1.29, 1.82) is 0 Å². The standard InChI is InChI=1S/C65H83N11O12S/c1-12-75(13-2)41-19-21-43-52(32-41)88-53-33-42(76(14-3)15-4)20-22-44(53)58(43)45-17-16-18-46(59(45)63(86)87)69-64(89)66-28-25-56(82)71-65(27-24-55(81)70-62-61(85)51(79)31-39(7)74(62)11,34-57(83)68-35-47-40(8)49(77)29-37(5)72(47)9)26-23-54(80)67-36-48-60(84)50(78)30-38(6)73(48)10/h16,18-22,29-32,45,53H,12-15,17,23-28,33-36H2,1-11H3,(H8-,66,67,68,69,70,71,79,80,81,82,83,84,85,86,87,89)/p+1. The number of nitrogens with zero attached hydrogens (tertiary/aromatic N) is 5. The SMILES string of the molecule is CCN(CC)c1ccc2c(c1)OC1CC(=[N+](CC)CC)C=CC1=C2C1CC=CC(NC(=S)NCCC(=O)NC(CCC(=O)NCc2c(O)c(=O)cc(C)n2C)(CCC(=O)Nc2c(O)c(=O)cc(C)n2C)CC(=O)NCc2c(C)c(=O)cc(C)n2C)=C1C(=O)O. The summed E-state index contributed by atoms with van der Waals surface area (Å²) >= 11 is 5.78. The molecular formula is C65H84N11O12S+. The van der Waals surface area contributed by atoms with Crippen molar-refractivity contribution in [2.75, 3.05) is 42.9 Å². The first-order chi connectivity index (χ1) is 42.2. The summed E-state index contributed by atoms with van der Waals surface area (Å²) in [5, 5.41) is 49.7. The van der Waals surface area contributed by atoms with Crippen LogP contribution in [-0.2, 0) is 58.2 Å². The third-order valence-electron chi connectivity index (χ3n) is 17.3. The van der Waals surface area contributed by atoms with Gasteiger partial charge in [0.05, 0.1) is 36.5 Å². The Morgan fingerprint density at radius 2 is 1.33 bits per heavy atom. The number of pyridine rings is 3. The van der Waals surface area contributed by atoms with Gasteiger partial charge in [-0.1, -0.05) is 6.08 Å². The molecule has 0 bridgehead atoms. The van der Waals surface area contributed by atoms with Crippen molar-refractivity contribution in [2.45, 2.75) is 131 Å². The second-order valence-electron chi connectivity index (χ2n) is 22.8. The molecule has 4 aromatic rings. The van der Waals surface area contributed by atoms with E-state index in [0.29, 0.717) is 46.9 Å². The van der Waals surface area contributed by atoms with E-state index in [0.717, 1.165) is 54.3 Å². The Kier molecular flexibility index (Phi) is 22.2. The highest BCUT2D eigenvalue weighted by molar-refractivity contribution is 7.80. The molecule has 1 aromatic carbocycles. The zero-order chi connectivity index (χ0) is 65.2. The van der Waals surface area contributed by atoms with E-state index < -0.39 is 76.3 Å². The van der Waals surface area contributed by atoms with E-state index in [1.807, 2.05) is 30.4 Å². The minimum atomic E-state index is -1.67. The van der Waals surface area contributed by atoms with Gasteiger partial charge in [0.1, 0.15) is 24.9 Å². The Morgan fingerprint density at radius 1 is 0.719 bits per heavy atom. The Balaban J connectivity index is 1.16. The lowest BCUT2D eigenvalue weighted by molar-refractivity contribution is -0.521. The van der Waals surface area contributed by atoms with E-state index in [2.05, 4.69) is 75.1 Å². The molecule has 0 radical (unpaired) electrons. The summed E-state index contributed by atoms with van der Waals surface area (Å²) in [6, 6.07) is 10.0. The molecule has 2 aliphatic carbocycles. The van der Waals surface area contributed by atoms with Crippen LogP contribution in [0.1, 0.15) is 119 Å². The second-order valence-corrected chi connectivity index (χ2v) is 23.2. The Labute approximate surface area is 522 Å². The zero-order valence-corrected chi connectivity index (χ0v) is 53.5. The van der Waals surface area contributed by atoms with Crippen molar-refractivity contribution in [3.63, 3.8) is 0 Å². The number of benzene rings is 1. The van der Waals surface area contributed by atoms with Gasteiger partial charge in [-0.25, -0.2) is 9.37 Å². The number of nitrogens with one attached hydrogen (secondary N) is 6. The molecule has 3 aromatic heterocycles. The van der Waals surface area contributed by atoms with Crippen LogP contribution < -0.4 is 57.8 Å². The summed E-state index contributed by atoms with van der Waals surface area (Å²) in [6.45, 7) is 17.8. The molecular weight excluding hydrogens is 1160 g/mol. The number of carbonyl (C=O) groups excluding carboxylic acids is 4. The van der Waals surface area contributed by atoms with E-state index in [1.165, 1.54) is 29.8 Å². The predicted molar refractivity (Wildman–Crippen MR) is 345 cm³/mol. The third-order valence-corrected chi connectivity index (χ3v) is 17.6. The lowest BCUT2D eigenvalue weighted by Gasteiger charge is -2.36. The number of amides is 4. The van der Waals surface area contributed by atoms with E-state index in [9.17, 15) is 53.7 Å². The van der Waals surface area contributed by atoms with Crippen LogP contribution in [0, 0.1) is 33.6 Å². The molecule has 23 nitrogen and oxygen atoms in total. The molecule has 89 heavy (non-hydrogen) atoms. The molecule has 4 amide bonds. The van der Waals surface area contributed by atoms with E-state index in [1.54, 1.807) is 57.0 Å². The lowest BCUT2D eigenvalue weighted by atomic mass is 9.75. The van der Waals surface area contributed by atoms with E-state index >= 15 is 0 Å². The van der Waals surface area contributed by atoms with Crippen molar-refractivity contribution in [3.8, 4) is 17.2 Å². The van der Waals surface area contributed by atoms with Gasteiger partial charge in [0.25, 0.3) is 0 Å². The number of aromatic hydroxyl groups is 2. The summed E-state index contributed by atoms with van der Waals surface area (Å²) in [7, 11) is 4.90. The van der Waals surface area contributed by atoms with E-state index in [4.69, 9.17) is 17.0 Å². The van der Waals surface area contributed by atoms with Crippen molar-refractivity contribution in [1.82, 2.24) is 40.3 Å². The monoisotopic (exact) mass is 1240 g/mol. The first-order valence-electron chi connectivity index (χ1n) is 30.1. The number of aliphatic carboxylic acids is 1. The van der Waals surface area contributed by atoms with Gasteiger partial charge in [0.2, 0.25) is 40.2 Å². The molecule has 24 heteroatoms. The number of rotatable bonds is 25. The minimum absolute atomic E-state index is 0.00502. The largest absolute Gasteiger partial charge is 0.503 e. The van der Waals surface area contributed by atoms with Crippen molar-refractivity contribution in [2.24, 2.45) is 27.1 Å². The number of allylic oxidation sites excluding steroid dienone is 4. The molecule has 476 valence electrons. The maximum atomic E-state index is 14.5. The molecule has 0 spiro atoms. The zero-order valence-electron chi connectivity index (χ0n) is 52.7. The van der Waals surface area contributed by atoms with E-state index in [-0.39, 0.29) is 84.7 Å². The summed E-state index contributed by atoms with van der Waals surface area (Å²) in [6.07, 6.45) is 6.24. The highest BCUT2D eigenvalue weighted by Crippen LogP contribution is 2.48. The second kappa shape index (κ2) is 29.3. The first-order valence-corrected chi connectivity index (χ1v) is 30.5. The molecule has 7 rings (SSSR count). The number of thiocarbonyl (C=S) groups is 1. The summed E-state index contributed by atoms with van der Waals surface area (Å²) < 4.78 is 13.8. The van der Waals surface area contributed by atoms with Crippen molar-refractivity contribution < 1.29 is 48.6 Å². The van der Waals surface area contributed by atoms with Crippen LogP contribution >= 0.6 is 12.2 Å². The molecule has 3 aliphatic rings. The number of aryl methyl sites for hydroxylation is 3. The quantitative estimate of drug-likeness (QED) is 0.0309. The van der Waals surface area contributed by atoms with Gasteiger partial charge in [-0.05, 0) is 122 Å². The topological polar surface area (TPSA) is 300 Å². The molecule has 1 aliphatic heterocycles. The Bertz CT molecular complexity index is 3820. The number of ether oxygens (including phenoxy) is 1. The maximum absolute atomic E-state index is 14.5. The summed E-state index contributed by atoms with van der Waals surface area (Å²) in [4.78, 5) is 110. The number of fused-ring (bicyclic) bond motifs is 2. The van der Waals surface area contributed by atoms with Crippen molar-refractivity contribution in [3.05, 3.63) is 148 Å². The van der Waals surface area contributed by atoms with Crippen LogP contribution in [-0.4, -0.2) is 118 Å². The fraction of sp³-hybridized carbons (Fsp3) is 0.446. The molecule has 4 heterocycles. The van der Waals surface area contributed by atoms with Gasteiger partial charge >= 0.3 is 5.97 Å². The van der Waals surface area contributed by atoms with Crippen LogP contribution in [0.5, 0.6) is 17.2 Å². The number of aromatic nitrogens is 3. The molecule has 0 fully saturated rings. The summed E-state index contributed by atoms with van der Waals surface area (Å²) in [5.41, 5.74) is 4.34. The van der Waals surface area contributed by atoms with Crippen LogP contribution in [0.15, 0.2) is 91.9 Å². The van der Waals surface area contributed by atoms with Gasteiger partial charge in [0, 0.05) is 148 Å². The van der Waals surface area contributed by atoms with Gasteiger partial charge in [0.15, 0.2) is 27.8 Å². The van der Waals surface area contributed by atoms with Crippen LogP contribution in [0.3, 0.4) is 0 Å². The molecule has 3 unspecified atom stereocenters. The van der Waals surface area contributed by atoms with Gasteiger partial charge in [-0.15, -0.1) is 0 Å². The maximum Gasteiger partial charge on any atom is 0.334 e. The third kappa shape index (κ3) is 15.6. The Morgan fingerprint density at radius 3 is 1.98 bits per heavy atom. The molecule has 0 saturated heterocycles. The summed E-state index contributed by atoms with van der Waals surface area (Å²) in [5.74, 6) is -5.13.